The van der Waals surface area contributed by atoms with E-state index in [1.54, 1.807) is 50.2 Å². The van der Waals surface area contributed by atoms with Crippen molar-refractivity contribution in [3.63, 3.8) is 0 Å². The fraction of sp³-hybridized carbons (Fsp3) is 0.172. The molecule has 0 saturated heterocycles. The Labute approximate surface area is 217 Å². The third-order valence-corrected chi connectivity index (χ3v) is 5.62. The van der Waals surface area contributed by atoms with E-state index in [1.165, 1.54) is 18.0 Å². The predicted octanol–water partition coefficient (Wildman–Crippen LogP) is 5.03. The summed E-state index contributed by atoms with van der Waals surface area (Å²) < 4.78 is 23.3. The molecule has 38 heavy (non-hydrogen) atoms. The first-order chi connectivity index (χ1) is 18.4. The summed E-state index contributed by atoms with van der Waals surface area (Å²) in [5.41, 5.74) is 1.52. The second-order valence-electron chi connectivity index (χ2n) is 8.70. The summed E-state index contributed by atoms with van der Waals surface area (Å²) in [5.74, 6) is 0.984. The molecule has 0 radical (unpaired) electrons. The molecule has 0 amide bonds. The fourth-order valence-electron chi connectivity index (χ4n) is 3.92. The van der Waals surface area contributed by atoms with Gasteiger partial charge in [-0.3, -0.25) is 4.79 Å². The first-order valence-electron chi connectivity index (χ1n) is 12.0. The van der Waals surface area contributed by atoms with Gasteiger partial charge in [0.2, 0.25) is 5.82 Å². The lowest BCUT2D eigenvalue weighted by atomic mass is 10.2. The molecule has 0 atom stereocenters. The topological polar surface area (TPSA) is 105 Å². The normalized spacial score (nSPS) is 11.5. The molecule has 5 rings (SSSR count). The summed E-state index contributed by atoms with van der Waals surface area (Å²) in [7, 11) is 1.49. The van der Waals surface area contributed by atoms with E-state index in [2.05, 4.69) is 10.1 Å². The molecule has 0 spiro atoms. The van der Waals surface area contributed by atoms with Gasteiger partial charge < -0.3 is 18.6 Å². The van der Waals surface area contributed by atoms with Gasteiger partial charge in [0.15, 0.2) is 23.9 Å². The molecular weight excluding hydrogens is 486 g/mol. The Bertz CT molecular complexity index is 1680. The van der Waals surface area contributed by atoms with Gasteiger partial charge in [0.25, 0.3) is 5.56 Å². The van der Waals surface area contributed by atoms with Crippen LogP contribution in [0.25, 0.3) is 33.5 Å². The SMILES string of the molecule is COc1cc(C=Nn2c(-c3cc4ccccc4o3)nc3ccccc3c2=O)ccc1OCC(=O)OC(C)C. The van der Waals surface area contributed by atoms with E-state index >= 15 is 0 Å². The molecule has 0 aliphatic rings. The van der Waals surface area contributed by atoms with Gasteiger partial charge in [-0.2, -0.15) is 9.78 Å². The number of benzene rings is 3. The molecule has 0 unspecified atom stereocenters. The van der Waals surface area contributed by atoms with Crippen molar-refractivity contribution >= 4 is 34.1 Å². The Hall–Kier alpha value is -4.92. The number of methoxy groups -OCH3 is 1. The molecule has 9 nitrogen and oxygen atoms in total. The minimum absolute atomic E-state index is 0.232. The van der Waals surface area contributed by atoms with Crippen LogP contribution in [0, 0.1) is 0 Å². The zero-order valence-corrected chi connectivity index (χ0v) is 21.1. The van der Waals surface area contributed by atoms with Crippen molar-refractivity contribution in [1.29, 1.82) is 0 Å². The van der Waals surface area contributed by atoms with Crippen molar-refractivity contribution in [2.24, 2.45) is 5.10 Å². The number of furan rings is 1. The van der Waals surface area contributed by atoms with E-state index < -0.39 is 5.97 Å². The lowest BCUT2D eigenvalue weighted by Crippen LogP contribution is -2.20. The van der Waals surface area contributed by atoms with Crippen molar-refractivity contribution in [1.82, 2.24) is 9.66 Å². The number of esters is 1. The van der Waals surface area contributed by atoms with Crippen molar-refractivity contribution in [3.8, 4) is 23.1 Å². The minimum Gasteiger partial charge on any atom is -0.493 e. The minimum atomic E-state index is -0.478. The Kier molecular flexibility index (Phi) is 6.90. The smallest absolute Gasteiger partial charge is 0.344 e. The number of para-hydroxylation sites is 2. The van der Waals surface area contributed by atoms with Gasteiger partial charge in [-0.25, -0.2) is 9.78 Å². The second-order valence-corrected chi connectivity index (χ2v) is 8.70. The van der Waals surface area contributed by atoms with Gasteiger partial charge in [0.05, 0.1) is 30.3 Å². The zero-order valence-electron chi connectivity index (χ0n) is 21.1. The summed E-state index contributed by atoms with van der Waals surface area (Å²) >= 11 is 0. The molecule has 192 valence electrons. The summed E-state index contributed by atoms with van der Waals surface area (Å²) in [6, 6.07) is 21.6. The lowest BCUT2D eigenvalue weighted by molar-refractivity contribution is -0.149. The van der Waals surface area contributed by atoms with E-state index in [1.807, 2.05) is 36.4 Å². The Morgan fingerprint density at radius 3 is 2.63 bits per heavy atom. The van der Waals surface area contributed by atoms with Gasteiger partial charge in [-0.15, -0.1) is 0 Å². The number of carbonyl (C=O) groups excluding carboxylic acids is 1. The highest BCUT2D eigenvalue weighted by Gasteiger charge is 2.16. The summed E-state index contributed by atoms with van der Waals surface area (Å²) in [6.45, 7) is 3.28. The standard InChI is InChI=1S/C29H25N3O6/c1-18(2)37-27(33)17-36-24-13-12-19(14-25(24)35-3)16-30-32-28(26-15-20-8-4-7-11-23(20)38-26)31-22-10-6-5-9-21(22)29(32)34/h4-16,18H,17H2,1-3H3. The monoisotopic (exact) mass is 511 g/mol. The molecule has 0 saturated carbocycles. The van der Waals surface area contributed by atoms with Gasteiger partial charge >= 0.3 is 5.97 Å². The predicted molar refractivity (Wildman–Crippen MR) is 144 cm³/mol. The average molecular weight is 512 g/mol. The van der Waals surface area contributed by atoms with E-state index in [9.17, 15) is 9.59 Å². The molecule has 0 bridgehead atoms. The number of aromatic nitrogens is 2. The van der Waals surface area contributed by atoms with Gasteiger partial charge in [-0.05, 0) is 61.9 Å². The first kappa shape index (κ1) is 24.8. The molecule has 9 heteroatoms. The number of hydrogen-bond donors (Lipinski definition) is 0. The van der Waals surface area contributed by atoms with E-state index in [-0.39, 0.29) is 24.1 Å². The number of hydrogen-bond acceptors (Lipinski definition) is 8. The van der Waals surface area contributed by atoms with Crippen LogP contribution in [0.4, 0.5) is 0 Å². The van der Waals surface area contributed by atoms with Crippen LogP contribution in [0.5, 0.6) is 11.5 Å². The molecule has 0 fully saturated rings. The van der Waals surface area contributed by atoms with Crippen LogP contribution in [0.3, 0.4) is 0 Å². The van der Waals surface area contributed by atoms with Crippen molar-refractivity contribution in [3.05, 3.63) is 88.7 Å². The maximum Gasteiger partial charge on any atom is 0.344 e. The van der Waals surface area contributed by atoms with Crippen LogP contribution in [0.1, 0.15) is 19.4 Å². The summed E-state index contributed by atoms with van der Waals surface area (Å²) in [5, 5.41) is 5.79. The average Bonchev–Trinajstić information content (AvgIpc) is 3.35. The third-order valence-electron chi connectivity index (χ3n) is 5.62. The Morgan fingerprint density at radius 1 is 1.05 bits per heavy atom. The van der Waals surface area contributed by atoms with Crippen LogP contribution >= 0.6 is 0 Å². The van der Waals surface area contributed by atoms with Gasteiger partial charge in [0.1, 0.15) is 5.58 Å². The second kappa shape index (κ2) is 10.6. The highest BCUT2D eigenvalue weighted by Crippen LogP contribution is 2.29. The number of fused-ring (bicyclic) bond motifs is 2. The summed E-state index contributed by atoms with van der Waals surface area (Å²) in [6.07, 6.45) is 1.28. The molecule has 0 aliphatic heterocycles. The van der Waals surface area contributed by atoms with Crippen LogP contribution in [-0.2, 0) is 9.53 Å². The van der Waals surface area contributed by atoms with E-state index in [0.29, 0.717) is 39.3 Å². The van der Waals surface area contributed by atoms with Crippen LogP contribution in [-0.4, -0.2) is 41.7 Å². The summed E-state index contributed by atoms with van der Waals surface area (Å²) in [4.78, 5) is 30.0. The number of ether oxygens (including phenoxy) is 3. The first-order valence-corrected chi connectivity index (χ1v) is 12.0. The maximum atomic E-state index is 13.4. The number of nitrogens with zero attached hydrogens (tertiary/aromatic N) is 3. The quantitative estimate of drug-likeness (QED) is 0.212. The number of carbonyl (C=O) groups is 1. The van der Waals surface area contributed by atoms with Gasteiger partial charge in [-0.1, -0.05) is 30.3 Å². The maximum absolute atomic E-state index is 13.4. The van der Waals surface area contributed by atoms with Gasteiger partial charge in [0, 0.05) is 5.39 Å². The van der Waals surface area contributed by atoms with Crippen LogP contribution in [0.2, 0.25) is 0 Å². The zero-order chi connectivity index (χ0) is 26.6. The van der Waals surface area contributed by atoms with Crippen molar-refractivity contribution in [2.45, 2.75) is 20.0 Å². The fourth-order valence-corrected chi connectivity index (χ4v) is 3.92. The largest absolute Gasteiger partial charge is 0.493 e. The van der Waals surface area contributed by atoms with Crippen molar-refractivity contribution < 1.29 is 23.4 Å². The highest BCUT2D eigenvalue weighted by molar-refractivity contribution is 5.85. The molecule has 3 aromatic carbocycles. The molecule has 2 aromatic heterocycles. The molecule has 5 aromatic rings. The molecule has 0 N–H and O–H groups in total. The Balaban J connectivity index is 1.51. The van der Waals surface area contributed by atoms with Crippen LogP contribution < -0.4 is 15.0 Å². The number of rotatable bonds is 8. The van der Waals surface area contributed by atoms with E-state index in [0.717, 1.165) is 5.39 Å². The van der Waals surface area contributed by atoms with E-state index in [4.69, 9.17) is 18.6 Å². The van der Waals surface area contributed by atoms with Crippen molar-refractivity contribution in [2.75, 3.05) is 13.7 Å². The lowest BCUT2D eigenvalue weighted by Gasteiger charge is -2.12. The molecule has 0 aliphatic carbocycles. The molecular formula is C29H25N3O6. The Morgan fingerprint density at radius 2 is 1.84 bits per heavy atom. The van der Waals surface area contributed by atoms with Crippen LogP contribution in [0.15, 0.2) is 87.1 Å². The highest BCUT2D eigenvalue weighted by atomic mass is 16.6. The third kappa shape index (κ3) is 5.12. The molecule has 2 heterocycles.